The topological polar surface area (TPSA) is 49.8 Å². The van der Waals surface area contributed by atoms with Crippen molar-refractivity contribution in [2.24, 2.45) is 0 Å². The highest BCUT2D eigenvalue weighted by atomic mass is 19.1. The van der Waals surface area contributed by atoms with Crippen LogP contribution in [0.25, 0.3) is 0 Å². The number of carbonyl (C=O) groups is 1. The molecule has 25 heavy (non-hydrogen) atoms. The van der Waals surface area contributed by atoms with Crippen molar-refractivity contribution in [2.75, 3.05) is 26.7 Å². The van der Waals surface area contributed by atoms with Gasteiger partial charge in [0.15, 0.2) is 5.78 Å². The fraction of sp³-hybridized carbons (Fsp3) is 0.250. The number of ether oxygens (including phenoxy) is 1. The van der Waals surface area contributed by atoms with Gasteiger partial charge in [-0.05, 0) is 49.9 Å². The Morgan fingerprint density at radius 1 is 1.28 bits per heavy atom. The molecule has 2 aromatic carbocycles. The van der Waals surface area contributed by atoms with Crippen LogP contribution in [0.2, 0.25) is 0 Å². The lowest BCUT2D eigenvalue weighted by Gasteiger charge is -2.14. The second-order valence-corrected chi connectivity index (χ2v) is 5.77. The van der Waals surface area contributed by atoms with Gasteiger partial charge in [-0.15, -0.1) is 6.58 Å². The fourth-order valence-corrected chi connectivity index (χ4v) is 2.37. The van der Waals surface area contributed by atoms with Crippen molar-refractivity contribution in [3.8, 4) is 11.5 Å². The van der Waals surface area contributed by atoms with E-state index in [9.17, 15) is 14.3 Å². The standard InChI is InChI=1S/C20H22FNO3/c1-3-11-22(2)12-4-13-25-17-9-10-18(19(21)14-17)20(24)15-5-7-16(23)8-6-15/h3,5-10,14,23H,1,4,11-13H2,2H3. The Kier molecular flexibility index (Phi) is 6.71. The maximum Gasteiger partial charge on any atom is 0.195 e. The van der Waals surface area contributed by atoms with Crippen molar-refractivity contribution in [1.82, 2.24) is 4.90 Å². The van der Waals surface area contributed by atoms with Crippen molar-refractivity contribution < 1.29 is 19.0 Å². The Morgan fingerprint density at radius 3 is 2.64 bits per heavy atom. The molecule has 2 aromatic rings. The average molecular weight is 343 g/mol. The second-order valence-electron chi connectivity index (χ2n) is 5.77. The molecule has 5 heteroatoms. The number of phenolic OH excluding ortho intramolecular Hbond substituents is 1. The minimum atomic E-state index is -0.626. The summed E-state index contributed by atoms with van der Waals surface area (Å²) < 4.78 is 19.8. The van der Waals surface area contributed by atoms with E-state index in [2.05, 4.69) is 11.5 Å². The summed E-state index contributed by atoms with van der Waals surface area (Å²) in [6.07, 6.45) is 2.64. The first-order valence-electron chi connectivity index (χ1n) is 8.07. The Balaban J connectivity index is 1.94. The zero-order valence-corrected chi connectivity index (χ0v) is 14.2. The van der Waals surface area contributed by atoms with Gasteiger partial charge in [-0.25, -0.2) is 4.39 Å². The molecule has 0 aliphatic carbocycles. The molecule has 1 N–H and O–H groups in total. The summed E-state index contributed by atoms with van der Waals surface area (Å²) in [4.78, 5) is 14.4. The maximum atomic E-state index is 14.2. The van der Waals surface area contributed by atoms with Crippen LogP contribution in [0.1, 0.15) is 22.3 Å². The predicted molar refractivity (Wildman–Crippen MR) is 95.7 cm³/mol. The molecule has 0 aromatic heterocycles. The van der Waals surface area contributed by atoms with Crippen LogP contribution in [0.3, 0.4) is 0 Å². The van der Waals surface area contributed by atoms with Crippen LogP contribution in [0.15, 0.2) is 55.1 Å². The van der Waals surface area contributed by atoms with Gasteiger partial charge in [0.25, 0.3) is 0 Å². The number of nitrogens with zero attached hydrogens (tertiary/aromatic N) is 1. The Labute approximate surface area is 147 Å². The van der Waals surface area contributed by atoms with Gasteiger partial charge < -0.3 is 14.7 Å². The van der Waals surface area contributed by atoms with Crippen molar-refractivity contribution in [3.05, 3.63) is 72.1 Å². The summed E-state index contributed by atoms with van der Waals surface area (Å²) >= 11 is 0. The molecule has 4 nitrogen and oxygen atoms in total. The second kappa shape index (κ2) is 8.99. The number of phenols is 1. The summed E-state index contributed by atoms with van der Waals surface area (Å²) in [5.41, 5.74) is 0.291. The lowest BCUT2D eigenvalue weighted by molar-refractivity contribution is 0.103. The Morgan fingerprint density at radius 2 is 2.00 bits per heavy atom. The number of hydrogen-bond donors (Lipinski definition) is 1. The maximum absolute atomic E-state index is 14.2. The highest BCUT2D eigenvalue weighted by Crippen LogP contribution is 2.20. The summed E-state index contributed by atoms with van der Waals surface area (Å²) in [6, 6.07) is 9.94. The third-order valence-electron chi connectivity index (χ3n) is 3.71. The van der Waals surface area contributed by atoms with E-state index in [-0.39, 0.29) is 11.3 Å². The van der Waals surface area contributed by atoms with Gasteiger partial charge in [-0.1, -0.05) is 6.08 Å². The Hall–Kier alpha value is -2.66. The average Bonchev–Trinajstić information content (AvgIpc) is 2.59. The smallest absolute Gasteiger partial charge is 0.195 e. The van der Waals surface area contributed by atoms with E-state index in [0.29, 0.717) is 17.9 Å². The Bertz CT molecular complexity index is 728. The van der Waals surface area contributed by atoms with E-state index in [1.54, 1.807) is 6.07 Å². The first-order valence-corrected chi connectivity index (χ1v) is 8.07. The molecule has 0 bridgehead atoms. The van der Waals surface area contributed by atoms with Crippen molar-refractivity contribution in [2.45, 2.75) is 6.42 Å². The zero-order chi connectivity index (χ0) is 18.2. The normalized spacial score (nSPS) is 10.7. The third kappa shape index (κ3) is 5.43. The molecular formula is C20H22FNO3. The molecule has 0 spiro atoms. The van der Waals surface area contributed by atoms with E-state index in [0.717, 1.165) is 19.5 Å². The van der Waals surface area contributed by atoms with Gasteiger partial charge in [0, 0.05) is 24.7 Å². The molecule has 0 unspecified atom stereocenters. The number of aromatic hydroxyl groups is 1. The van der Waals surface area contributed by atoms with E-state index >= 15 is 0 Å². The first kappa shape index (κ1) is 18.7. The number of benzene rings is 2. The van der Waals surface area contributed by atoms with E-state index < -0.39 is 11.6 Å². The van der Waals surface area contributed by atoms with Crippen LogP contribution in [0.4, 0.5) is 4.39 Å². The number of halogens is 1. The van der Waals surface area contributed by atoms with E-state index in [1.807, 2.05) is 13.1 Å². The summed E-state index contributed by atoms with van der Waals surface area (Å²) in [5, 5.41) is 9.26. The van der Waals surface area contributed by atoms with Crippen molar-refractivity contribution in [1.29, 1.82) is 0 Å². The van der Waals surface area contributed by atoms with Gasteiger partial charge in [-0.3, -0.25) is 4.79 Å². The molecule has 0 heterocycles. The monoisotopic (exact) mass is 343 g/mol. The summed E-state index contributed by atoms with van der Waals surface area (Å²) in [6.45, 7) is 5.81. The van der Waals surface area contributed by atoms with Gasteiger partial charge in [0.05, 0.1) is 12.2 Å². The molecule has 0 saturated carbocycles. The molecule has 132 valence electrons. The SMILES string of the molecule is C=CCN(C)CCCOc1ccc(C(=O)c2ccc(O)cc2)c(F)c1. The molecule has 0 amide bonds. The molecule has 0 aliphatic heterocycles. The summed E-state index contributed by atoms with van der Waals surface area (Å²) in [5.74, 6) is -0.611. The minimum Gasteiger partial charge on any atom is -0.508 e. The molecule has 0 aliphatic rings. The number of carbonyl (C=O) groups excluding carboxylic acids is 1. The van der Waals surface area contributed by atoms with Crippen LogP contribution >= 0.6 is 0 Å². The largest absolute Gasteiger partial charge is 0.508 e. The highest BCUT2D eigenvalue weighted by molar-refractivity contribution is 6.09. The van der Waals surface area contributed by atoms with Crippen LogP contribution < -0.4 is 4.74 Å². The lowest BCUT2D eigenvalue weighted by atomic mass is 10.0. The summed E-state index contributed by atoms with van der Waals surface area (Å²) in [7, 11) is 1.99. The number of ketones is 1. The first-order chi connectivity index (χ1) is 12.0. The minimum absolute atomic E-state index is 0.0243. The number of likely N-dealkylation sites (N-methyl/N-ethyl adjacent to an activating group) is 1. The lowest BCUT2D eigenvalue weighted by Crippen LogP contribution is -2.21. The van der Waals surface area contributed by atoms with E-state index in [1.165, 1.54) is 36.4 Å². The van der Waals surface area contributed by atoms with Gasteiger partial charge in [0.1, 0.15) is 17.3 Å². The quantitative estimate of drug-likeness (QED) is 0.429. The fourth-order valence-electron chi connectivity index (χ4n) is 2.37. The molecule has 0 radical (unpaired) electrons. The van der Waals surface area contributed by atoms with Crippen LogP contribution in [0.5, 0.6) is 11.5 Å². The number of rotatable bonds is 9. The molecule has 0 fully saturated rings. The van der Waals surface area contributed by atoms with Crippen molar-refractivity contribution >= 4 is 5.78 Å². The van der Waals surface area contributed by atoms with Gasteiger partial charge >= 0.3 is 0 Å². The van der Waals surface area contributed by atoms with Crippen molar-refractivity contribution in [3.63, 3.8) is 0 Å². The van der Waals surface area contributed by atoms with Crippen LogP contribution in [0, 0.1) is 5.82 Å². The molecule has 0 atom stereocenters. The van der Waals surface area contributed by atoms with Gasteiger partial charge in [0.2, 0.25) is 0 Å². The van der Waals surface area contributed by atoms with Gasteiger partial charge in [-0.2, -0.15) is 0 Å². The zero-order valence-electron chi connectivity index (χ0n) is 14.2. The highest BCUT2D eigenvalue weighted by Gasteiger charge is 2.15. The van der Waals surface area contributed by atoms with Crippen LogP contribution in [-0.4, -0.2) is 42.5 Å². The van der Waals surface area contributed by atoms with Crippen LogP contribution in [-0.2, 0) is 0 Å². The number of hydrogen-bond acceptors (Lipinski definition) is 4. The molecular weight excluding hydrogens is 321 g/mol. The predicted octanol–water partition coefficient (Wildman–Crippen LogP) is 3.65. The third-order valence-corrected chi connectivity index (χ3v) is 3.71. The molecule has 0 saturated heterocycles. The molecule has 2 rings (SSSR count). The van der Waals surface area contributed by atoms with E-state index in [4.69, 9.17) is 4.74 Å².